The summed E-state index contributed by atoms with van der Waals surface area (Å²) in [4.78, 5) is 7.09. The average molecular weight is 378 g/mol. The van der Waals surface area contributed by atoms with Gasteiger partial charge >= 0.3 is 6.09 Å². The minimum Gasteiger partial charge on any atom is -0.398 e. The van der Waals surface area contributed by atoms with Crippen molar-refractivity contribution in [2.45, 2.75) is 51.6 Å². The second-order valence-electron chi connectivity index (χ2n) is 6.49. The summed E-state index contributed by atoms with van der Waals surface area (Å²) >= 11 is 0. The van der Waals surface area contributed by atoms with E-state index < -0.39 is 6.09 Å². The predicted octanol–water partition coefficient (Wildman–Crippen LogP) is 1.95. The summed E-state index contributed by atoms with van der Waals surface area (Å²) in [6.07, 6.45) is 6.66. The lowest BCUT2D eigenvalue weighted by molar-refractivity contribution is 0.253. The first-order chi connectivity index (χ1) is 12.9. The Morgan fingerprint density at radius 1 is 1.37 bits per heavy atom. The number of amidine groups is 2. The van der Waals surface area contributed by atoms with E-state index in [-0.39, 0.29) is 24.5 Å². The van der Waals surface area contributed by atoms with Crippen molar-refractivity contribution in [1.29, 1.82) is 5.41 Å². The Hall–Kier alpha value is -2.32. The molecule has 1 aliphatic rings. The zero-order chi connectivity index (χ0) is 20.4. The third-order valence-electron chi connectivity index (χ3n) is 4.49. The summed E-state index contributed by atoms with van der Waals surface area (Å²) in [5, 5.41) is 20.0. The summed E-state index contributed by atoms with van der Waals surface area (Å²) in [5.41, 5.74) is 14.8. The first-order valence-electron chi connectivity index (χ1n) is 9.09. The van der Waals surface area contributed by atoms with E-state index in [2.05, 4.69) is 15.3 Å². The van der Waals surface area contributed by atoms with Crippen LogP contribution >= 0.6 is 0 Å². The van der Waals surface area contributed by atoms with Gasteiger partial charge in [-0.05, 0) is 32.3 Å². The number of nitrogens with one attached hydrogen (secondary N) is 2. The Labute approximate surface area is 160 Å². The Kier molecular flexibility index (Phi) is 9.60. The largest absolute Gasteiger partial charge is 0.398 e. The monoisotopic (exact) mass is 378 g/mol. The summed E-state index contributed by atoms with van der Waals surface area (Å²) in [6.45, 7) is 4.05. The third kappa shape index (κ3) is 6.73. The van der Waals surface area contributed by atoms with Gasteiger partial charge in [-0.2, -0.15) is 9.38 Å². The zero-order valence-corrected chi connectivity index (χ0v) is 16.3. The number of rotatable bonds is 8. The van der Waals surface area contributed by atoms with E-state index in [0.29, 0.717) is 23.3 Å². The fourth-order valence-corrected chi connectivity index (χ4v) is 3.04. The van der Waals surface area contributed by atoms with Crippen molar-refractivity contribution in [3.63, 3.8) is 0 Å². The van der Waals surface area contributed by atoms with Crippen molar-refractivity contribution in [1.82, 2.24) is 5.32 Å². The van der Waals surface area contributed by atoms with E-state index in [1.807, 2.05) is 19.9 Å². The molecule has 27 heavy (non-hydrogen) atoms. The van der Waals surface area contributed by atoms with Gasteiger partial charge in [0, 0.05) is 42.2 Å². The average Bonchev–Trinajstić information content (AvgIpc) is 3.13. The van der Waals surface area contributed by atoms with Gasteiger partial charge in [0.25, 0.3) is 0 Å². The highest BCUT2D eigenvalue weighted by Gasteiger charge is 2.24. The van der Waals surface area contributed by atoms with Crippen molar-refractivity contribution in [3.05, 3.63) is 34.6 Å². The molecule has 1 aliphatic heterocycles. The molecule has 1 fully saturated rings. The number of hydrogen-bond acceptors (Lipinski definition) is 5. The molecule has 1 rings (SSSR count). The van der Waals surface area contributed by atoms with Crippen LogP contribution < -0.4 is 16.8 Å². The Morgan fingerprint density at radius 2 is 2.07 bits per heavy atom. The van der Waals surface area contributed by atoms with Crippen molar-refractivity contribution >= 4 is 18.1 Å². The van der Waals surface area contributed by atoms with E-state index in [1.54, 1.807) is 0 Å². The summed E-state index contributed by atoms with van der Waals surface area (Å²) < 4.78 is 13.5. The molecule has 0 bridgehead atoms. The Bertz CT molecular complexity index is 678. The minimum absolute atomic E-state index is 0.0212. The van der Waals surface area contributed by atoms with Crippen LogP contribution in [-0.2, 0) is 0 Å². The molecule has 1 saturated heterocycles. The van der Waals surface area contributed by atoms with Crippen LogP contribution in [0.5, 0.6) is 0 Å². The van der Waals surface area contributed by atoms with Crippen molar-refractivity contribution in [2.24, 2.45) is 21.5 Å². The van der Waals surface area contributed by atoms with Crippen LogP contribution in [0.1, 0.15) is 39.5 Å². The normalized spacial score (nSPS) is 23.4. The van der Waals surface area contributed by atoms with Gasteiger partial charge in [-0.1, -0.05) is 25.0 Å². The number of nitrogens with two attached hydrogens (primary N) is 2. The van der Waals surface area contributed by atoms with Crippen LogP contribution in [0.4, 0.5) is 4.39 Å². The highest BCUT2D eigenvalue weighted by molar-refractivity contribution is 6.04. The molecule has 0 aromatic rings. The van der Waals surface area contributed by atoms with Gasteiger partial charge in [-0.25, -0.2) is 4.99 Å². The van der Waals surface area contributed by atoms with Gasteiger partial charge in [0.2, 0.25) is 0 Å². The summed E-state index contributed by atoms with van der Waals surface area (Å²) in [7, 11) is 1.30. The quantitative estimate of drug-likeness (QED) is 0.191. The lowest BCUT2D eigenvalue weighted by atomic mass is 9.95. The molecule has 0 aromatic heterocycles. The number of allylic oxidation sites excluding steroid dienone is 2. The van der Waals surface area contributed by atoms with Gasteiger partial charge < -0.3 is 27.3 Å². The molecule has 7 N–H and O–H groups in total. The van der Waals surface area contributed by atoms with E-state index >= 15 is 0 Å². The van der Waals surface area contributed by atoms with Gasteiger partial charge in [0.15, 0.2) is 0 Å². The molecule has 0 saturated carbocycles. The van der Waals surface area contributed by atoms with E-state index in [9.17, 15) is 9.50 Å². The smallest absolute Gasteiger partial charge is 0.305 e. The summed E-state index contributed by atoms with van der Waals surface area (Å²) in [5.74, 6) is 0.0212. The van der Waals surface area contributed by atoms with Gasteiger partial charge in [-0.3, -0.25) is 0 Å². The maximum absolute atomic E-state index is 13.5. The second kappa shape index (κ2) is 11.4. The standard InChI is InChI=1S/C19H31FN6O/c1-4-5-14(18(23)26-19(20)24-3)15(16(22)8-9-21)10-12(2)17-7-6-13(11-27)25-17/h8-10,13,17,21,25,27H,4-7,11,22H2,1-3H3,(H2,23,24,26)/b12-10+,15-14-,16-8?,21-9?/t13?,17-/m1/s1. The number of aliphatic hydroxyl groups excluding tert-OH is 1. The van der Waals surface area contributed by atoms with Crippen LogP contribution in [0.15, 0.2) is 44.6 Å². The third-order valence-corrected chi connectivity index (χ3v) is 4.49. The Balaban J connectivity index is 3.44. The molecule has 0 radical (unpaired) electrons. The van der Waals surface area contributed by atoms with Crippen molar-refractivity contribution < 1.29 is 9.50 Å². The van der Waals surface area contributed by atoms with E-state index in [1.165, 1.54) is 13.1 Å². The number of hydrogen-bond donors (Lipinski definition) is 5. The molecule has 0 aliphatic carbocycles. The number of nitrogens with zero attached hydrogens (tertiary/aromatic N) is 2. The molecule has 150 valence electrons. The van der Waals surface area contributed by atoms with Crippen LogP contribution in [-0.4, -0.2) is 49.0 Å². The van der Waals surface area contributed by atoms with Gasteiger partial charge in [0.1, 0.15) is 5.84 Å². The molecule has 8 heteroatoms. The predicted molar refractivity (Wildman–Crippen MR) is 110 cm³/mol. The van der Waals surface area contributed by atoms with Gasteiger partial charge in [-0.15, -0.1) is 0 Å². The topological polar surface area (TPSA) is 133 Å². The van der Waals surface area contributed by atoms with Crippen LogP contribution in [0, 0.1) is 5.41 Å². The highest BCUT2D eigenvalue weighted by atomic mass is 19.1. The second-order valence-corrected chi connectivity index (χ2v) is 6.49. The first kappa shape index (κ1) is 22.7. The number of aliphatic imine (C=N–C) groups is 2. The number of aliphatic hydroxyl groups is 1. The van der Waals surface area contributed by atoms with Crippen LogP contribution in [0.25, 0.3) is 0 Å². The maximum Gasteiger partial charge on any atom is 0.305 e. The SMILES string of the molecule is CCC/C(C(N)=NC(F)=NC)=C(\C=C(/C)[C@H]1CCC(CO)N1)C(N)=CC=N. The lowest BCUT2D eigenvalue weighted by Crippen LogP contribution is -2.32. The fourth-order valence-electron chi connectivity index (χ4n) is 3.04. The van der Waals surface area contributed by atoms with Crippen LogP contribution in [0.2, 0.25) is 0 Å². The molecule has 0 amide bonds. The van der Waals surface area contributed by atoms with E-state index in [4.69, 9.17) is 16.9 Å². The fraction of sp³-hybridized carbons (Fsp3) is 0.526. The highest BCUT2D eigenvalue weighted by Crippen LogP contribution is 2.24. The van der Waals surface area contributed by atoms with Gasteiger partial charge in [0.05, 0.1) is 6.61 Å². The van der Waals surface area contributed by atoms with Crippen LogP contribution in [0.3, 0.4) is 0 Å². The molecule has 0 spiro atoms. The Morgan fingerprint density at radius 3 is 2.59 bits per heavy atom. The minimum atomic E-state index is -0.904. The lowest BCUT2D eigenvalue weighted by Gasteiger charge is -2.17. The number of halogens is 1. The van der Waals surface area contributed by atoms with Crippen molar-refractivity contribution in [2.75, 3.05) is 13.7 Å². The molecule has 7 nitrogen and oxygen atoms in total. The van der Waals surface area contributed by atoms with E-state index in [0.717, 1.165) is 31.1 Å². The zero-order valence-electron chi connectivity index (χ0n) is 16.3. The van der Waals surface area contributed by atoms with Crippen molar-refractivity contribution in [3.8, 4) is 0 Å². The molecule has 1 heterocycles. The molecule has 1 unspecified atom stereocenters. The maximum atomic E-state index is 13.5. The molecule has 0 aromatic carbocycles. The first-order valence-corrected chi connectivity index (χ1v) is 9.09. The summed E-state index contributed by atoms with van der Waals surface area (Å²) in [6, 6.07) is 0.191. The molecular formula is C19H31FN6O. The molecular weight excluding hydrogens is 347 g/mol. The molecule has 2 atom stereocenters.